The molecule has 0 aliphatic rings. The number of nitriles is 1. The number of carbonyl (C=O) groups is 1. The van der Waals surface area contributed by atoms with Crippen molar-refractivity contribution in [3.63, 3.8) is 0 Å². The maximum atomic E-state index is 13.6. The number of anilines is 1. The highest BCUT2D eigenvalue weighted by Gasteiger charge is 2.20. The molecule has 0 aliphatic carbocycles. The minimum Gasteiger partial charge on any atom is -0.500 e. The van der Waals surface area contributed by atoms with Crippen molar-refractivity contribution in [2.75, 3.05) is 12.4 Å². The Morgan fingerprint density at radius 1 is 1.42 bits per heavy atom. The van der Waals surface area contributed by atoms with Crippen LogP contribution in [0.15, 0.2) is 42.0 Å². The fraction of sp³-hybridized carbons (Fsp3) is 0.0588. The maximum Gasteiger partial charge on any atom is 0.315 e. The first kappa shape index (κ1) is 18.4. The van der Waals surface area contributed by atoms with E-state index in [1.165, 1.54) is 31.4 Å². The first-order valence-corrected chi connectivity index (χ1v) is 7.10. The van der Waals surface area contributed by atoms with E-state index in [1.54, 1.807) is 6.07 Å². The predicted octanol–water partition coefficient (Wildman–Crippen LogP) is 2.99. The van der Waals surface area contributed by atoms with Crippen molar-refractivity contribution < 1.29 is 24.0 Å². The molecule has 0 spiro atoms. The molecule has 2 N–H and O–H groups in total. The predicted molar refractivity (Wildman–Crippen MR) is 89.9 cm³/mol. The third-order valence-corrected chi connectivity index (χ3v) is 3.29. The Morgan fingerprint density at radius 2 is 2.12 bits per heavy atom. The van der Waals surface area contributed by atoms with E-state index in [4.69, 9.17) is 4.74 Å². The van der Waals surface area contributed by atoms with Crippen LogP contribution in [0.1, 0.15) is 5.56 Å². The molecule has 0 aliphatic heterocycles. The summed E-state index contributed by atoms with van der Waals surface area (Å²) >= 11 is 0. The van der Waals surface area contributed by atoms with E-state index in [0.717, 1.165) is 18.2 Å². The zero-order valence-electron chi connectivity index (χ0n) is 13.4. The number of nitrogens with zero attached hydrogens (tertiary/aromatic N) is 2. The molecule has 0 saturated carbocycles. The Balaban J connectivity index is 2.41. The second-order valence-corrected chi connectivity index (χ2v) is 4.95. The van der Waals surface area contributed by atoms with Crippen molar-refractivity contribution in [2.24, 2.45) is 0 Å². The molecule has 26 heavy (non-hydrogen) atoms. The molecule has 1 amide bonds. The molecule has 0 radical (unpaired) electrons. The summed E-state index contributed by atoms with van der Waals surface area (Å²) in [6.45, 7) is 0. The van der Waals surface area contributed by atoms with Gasteiger partial charge in [-0.2, -0.15) is 5.26 Å². The normalized spacial score (nSPS) is 10.7. The number of aromatic hydroxyl groups is 1. The van der Waals surface area contributed by atoms with Gasteiger partial charge in [0.15, 0.2) is 5.75 Å². The number of para-hydroxylation sites is 1. The topological polar surface area (TPSA) is 125 Å². The van der Waals surface area contributed by atoms with Crippen LogP contribution in [0.25, 0.3) is 6.08 Å². The van der Waals surface area contributed by atoms with Gasteiger partial charge in [0.05, 0.1) is 17.7 Å². The van der Waals surface area contributed by atoms with Crippen LogP contribution < -0.4 is 10.1 Å². The van der Waals surface area contributed by atoms with Crippen LogP contribution in [0.2, 0.25) is 0 Å². The molecule has 2 rings (SSSR count). The molecule has 9 heteroatoms. The van der Waals surface area contributed by atoms with Crippen molar-refractivity contribution in [2.45, 2.75) is 0 Å². The lowest BCUT2D eigenvalue weighted by molar-refractivity contribution is -0.386. The number of carbonyl (C=O) groups excluding carboxylic acids is 1. The number of methoxy groups -OCH3 is 1. The Kier molecular flexibility index (Phi) is 5.49. The number of nitro groups is 1. The molecule has 0 saturated heterocycles. The summed E-state index contributed by atoms with van der Waals surface area (Å²) < 4.78 is 18.4. The van der Waals surface area contributed by atoms with Crippen LogP contribution in [0.4, 0.5) is 15.8 Å². The summed E-state index contributed by atoms with van der Waals surface area (Å²) in [5.74, 6) is -2.45. The number of hydrogen-bond acceptors (Lipinski definition) is 6. The monoisotopic (exact) mass is 357 g/mol. The van der Waals surface area contributed by atoms with Gasteiger partial charge in [-0.1, -0.05) is 12.1 Å². The van der Waals surface area contributed by atoms with E-state index in [9.17, 15) is 29.7 Å². The summed E-state index contributed by atoms with van der Waals surface area (Å²) in [6.07, 6.45) is 1.06. The quantitative estimate of drug-likeness (QED) is 0.367. The number of rotatable bonds is 5. The number of halogens is 1. The Labute approximate surface area is 146 Å². The third kappa shape index (κ3) is 3.93. The SMILES string of the molecule is COc1cc(/C=C(/C#N)C(=O)Nc2ccccc2F)cc([N+](=O)[O-])c1O. The molecular weight excluding hydrogens is 345 g/mol. The minimum absolute atomic E-state index is 0.0755. The average Bonchev–Trinajstić information content (AvgIpc) is 2.62. The second kappa shape index (κ2) is 7.76. The summed E-state index contributed by atoms with van der Waals surface area (Å²) in [5, 5.41) is 32.1. The van der Waals surface area contributed by atoms with Gasteiger partial charge in [-0.05, 0) is 29.8 Å². The molecule has 132 valence electrons. The Bertz CT molecular complexity index is 950. The Hall–Kier alpha value is -3.93. The number of benzene rings is 2. The number of phenolic OH excluding ortho intramolecular Hbond substituents is 1. The van der Waals surface area contributed by atoms with Crippen molar-refractivity contribution in [1.29, 1.82) is 5.26 Å². The number of amides is 1. The number of nitro benzene ring substituents is 1. The molecule has 8 nitrogen and oxygen atoms in total. The molecule has 0 bridgehead atoms. The summed E-state index contributed by atoms with van der Waals surface area (Å²) in [5.41, 5.74) is -1.11. The van der Waals surface area contributed by atoms with Gasteiger partial charge >= 0.3 is 5.69 Å². The van der Waals surface area contributed by atoms with E-state index >= 15 is 0 Å². The lowest BCUT2D eigenvalue weighted by Crippen LogP contribution is -2.14. The fourth-order valence-corrected chi connectivity index (χ4v) is 2.06. The number of hydrogen-bond donors (Lipinski definition) is 2. The second-order valence-electron chi connectivity index (χ2n) is 4.95. The van der Waals surface area contributed by atoms with Crippen molar-refractivity contribution in [3.05, 3.63) is 63.5 Å². The molecule has 0 heterocycles. The lowest BCUT2D eigenvalue weighted by atomic mass is 10.1. The summed E-state index contributed by atoms with van der Waals surface area (Å²) in [7, 11) is 1.20. The van der Waals surface area contributed by atoms with E-state index in [-0.39, 0.29) is 17.0 Å². The van der Waals surface area contributed by atoms with E-state index in [0.29, 0.717) is 0 Å². The Morgan fingerprint density at radius 3 is 2.69 bits per heavy atom. The molecule has 0 unspecified atom stereocenters. The number of nitrogens with one attached hydrogen (secondary N) is 1. The fourth-order valence-electron chi connectivity index (χ4n) is 2.06. The first-order chi connectivity index (χ1) is 12.4. The third-order valence-electron chi connectivity index (χ3n) is 3.29. The van der Waals surface area contributed by atoms with E-state index in [1.807, 2.05) is 0 Å². The lowest BCUT2D eigenvalue weighted by Gasteiger charge is -2.07. The van der Waals surface area contributed by atoms with Gasteiger partial charge < -0.3 is 15.2 Å². The van der Waals surface area contributed by atoms with Crippen LogP contribution in [0.3, 0.4) is 0 Å². The highest BCUT2D eigenvalue weighted by molar-refractivity contribution is 6.09. The van der Waals surface area contributed by atoms with Crippen LogP contribution in [-0.2, 0) is 4.79 Å². The molecular formula is C17H12FN3O5. The van der Waals surface area contributed by atoms with Crippen LogP contribution in [0, 0.1) is 27.3 Å². The van der Waals surface area contributed by atoms with Gasteiger partial charge in [0.1, 0.15) is 17.5 Å². The van der Waals surface area contributed by atoms with E-state index in [2.05, 4.69) is 5.32 Å². The van der Waals surface area contributed by atoms with Crippen LogP contribution in [-0.4, -0.2) is 23.0 Å². The molecule has 0 atom stereocenters. The average molecular weight is 357 g/mol. The first-order valence-electron chi connectivity index (χ1n) is 7.10. The van der Waals surface area contributed by atoms with Gasteiger partial charge in [0.2, 0.25) is 5.75 Å². The maximum absolute atomic E-state index is 13.6. The highest BCUT2D eigenvalue weighted by atomic mass is 19.1. The smallest absolute Gasteiger partial charge is 0.315 e. The largest absolute Gasteiger partial charge is 0.500 e. The van der Waals surface area contributed by atoms with E-state index < -0.39 is 33.7 Å². The van der Waals surface area contributed by atoms with Crippen molar-refractivity contribution in [1.82, 2.24) is 0 Å². The summed E-state index contributed by atoms with van der Waals surface area (Å²) in [4.78, 5) is 22.3. The van der Waals surface area contributed by atoms with Crippen LogP contribution in [0.5, 0.6) is 11.5 Å². The van der Waals surface area contributed by atoms with Crippen LogP contribution >= 0.6 is 0 Å². The number of ether oxygens (including phenoxy) is 1. The number of phenols is 1. The highest BCUT2D eigenvalue weighted by Crippen LogP contribution is 2.37. The molecule has 0 fully saturated rings. The van der Waals surface area contributed by atoms with Gasteiger partial charge in [-0.25, -0.2) is 4.39 Å². The standard InChI is InChI=1S/C17H12FN3O5/c1-26-15-8-10(7-14(16(15)22)21(24)25)6-11(9-19)17(23)20-13-5-3-2-4-12(13)18/h2-8,22H,1H3,(H,20,23)/b11-6-. The van der Waals surface area contributed by atoms with Gasteiger partial charge in [-0.15, -0.1) is 0 Å². The molecule has 2 aromatic rings. The van der Waals surface area contributed by atoms with Gasteiger partial charge in [0.25, 0.3) is 5.91 Å². The van der Waals surface area contributed by atoms with Crippen molar-refractivity contribution in [3.8, 4) is 17.6 Å². The summed E-state index contributed by atoms with van der Waals surface area (Å²) in [6, 6.07) is 9.24. The minimum atomic E-state index is -0.896. The molecule has 2 aromatic carbocycles. The zero-order chi connectivity index (χ0) is 19.3. The zero-order valence-corrected chi connectivity index (χ0v) is 13.4. The van der Waals surface area contributed by atoms with Gasteiger partial charge in [-0.3, -0.25) is 14.9 Å². The van der Waals surface area contributed by atoms with Gasteiger partial charge in [0, 0.05) is 6.07 Å². The molecule has 0 aromatic heterocycles. The van der Waals surface area contributed by atoms with Crippen molar-refractivity contribution >= 4 is 23.4 Å².